The van der Waals surface area contributed by atoms with Crippen LogP contribution in [0.1, 0.15) is 67.3 Å². The van der Waals surface area contributed by atoms with E-state index in [1.807, 2.05) is 20.0 Å². The van der Waals surface area contributed by atoms with Crippen LogP contribution >= 0.6 is 0 Å². The van der Waals surface area contributed by atoms with Crippen LogP contribution in [-0.2, 0) is 17.9 Å². The zero-order chi connectivity index (χ0) is 18.2. The van der Waals surface area contributed by atoms with Gasteiger partial charge in [-0.3, -0.25) is 9.48 Å². The molecule has 1 aliphatic carbocycles. The number of carbonyl (C=O) groups excluding carboxylic acids is 1. The van der Waals surface area contributed by atoms with Crippen LogP contribution < -0.4 is 5.32 Å². The predicted molar refractivity (Wildman–Crippen MR) is 101 cm³/mol. The van der Waals surface area contributed by atoms with Gasteiger partial charge in [-0.1, -0.05) is 51.5 Å². The summed E-state index contributed by atoms with van der Waals surface area (Å²) in [7, 11) is 1.81. The molecule has 1 fully saturated rings. The van der Waals surface area contributed by atoms with Crippen molar-refractivity contribution in [2.75, 3.05) is 6.54 Å². The molecule has 4 heteroatoms. The molecule has 2 aromatic rings. The van der Waals surface area contributed by atoms with E-state index in [0.717, 1.165) is 18.5 Å². The average Bonchev–Trinajstić information content (AvgIpc) is 2.84. The van der Waals surface area contributed by atoms with Gasteiger partial charge in [0.2, 0.25) is 0 Å². The molecule has 1 aromatic heterocycles. The highest BCUT2D eigenvalue weighted by molar-refractivity contribution is 5.92. The van der Waals surface area contributed by atoms with E-state index in [9.17, 15) is 4.79 Å². The molecule has 1 heterocycles. The lowest BCUT2D eigenvalue weighted by molar-refractivity contribution is 0.0918. The highest BCUT2D eigenvalue weighted by Crippen LogP contribution is 2.43. The van der Waals surface area contributed by atoms with Gasteiger partial charge in [0.1, 0.15) is 5.69 Å². The fraction of sp³-hybridized carbons (Fsp3) is 0.524. The van der Waals surface area contributed by atoms with Crippen molar-refractivity contribution in [3.05, 3.63) is 52.8 Å². The lowest BCUT2D eigenvalue weighted by atomic mass is 9.64. The van der Waals surface area contributed by atoms with E-state index < -0.39 is 0 Å². The van der Waals surface area contributed by atoms with Crippen molar-refractivity contribution >= 4 is 5.91 Å². The Balaban J connectivity index is 1.73. The number of hydrogen-bond donors (Lipinski definition) is 1. The molecule has 0 atom stereocenters. The van der Waals surface area contributed by atoms with Gasteiger partial charge in [0.25, 0.3) is 5.91 Å². The molecule has 0 unspecified atom stereocenters. The van der Waals surface area contributed by atoms with Crippen LogP contribution in [0.25, 0.3) is 0 Å². The van der Waals surface area contributed by atoms with Gasteiger partial charge in [-0.25, -0.2) is 0 Å². The van der Waals surface area contributed by atoms with Crippen LogP contribution in [0.2, 0.25) is 0 Å². The Morgan fingerprint density at radius 1 is 1.24 bits per heavy atom. The molecule has 25 heavy (non-hydrogen) atoms. The van der Waals surface area contributed by atoms with E-state index in [4.69, 9.17) is 0 Å². The van der Waals surface area contributed by atoms with Crippen molar-refractivity contribution < 1.29 is 4.79 Å². The predicted octanol–water partition coefficient (Wildman–Crippen LogP) is 3.88. The van der Waals surface area contributed by atoms with Crippen molar-refractivity contribution in [1.29, 1.82) is 0 Å². The molecule has 0 radical (unpaired) electrons. The van der Waals surface area contributed by atoms with E-state index in [2.05, 4.69) is 55.5 Å². The molecule has 0 bridgehead atoms. The summed E-state index contributed by atoms with van der Waals surface area (Å²) in [5, 5.41) is 7.40. The summed E-state index contributed by atoms with van der Waals surface area (Å²) in [4.78, 5) is 12.5. The highest BCUT2D eigenvalue weighted by atomic mass is 16.2. The highest BCUT2D eigenvalue weighted by Gasteiger charge is 2.39. The van der Waals surface area contributed by atoms with Crippen molar-refractivity contribution in [2.45, 2.75) is 57.8 Å². The number of benzene rings is 1. The van der Waals surface area contributed by atoms with E-state index in [1.54, 1.807) is 4.68 Å². The Morgan fingerprint density at radius 2 is 1.88 bits per heavy atom. The number of rotatable bonds is 4. The van der Waals surface area contributed by atoms with Gasteiger partial charge in [0, 0.05) is 19.0 Å². The summed E-state index contributed by atoms with van der Waals surface area (Å²) in [6, 6.07) is 10.8. The second kappa shape index (κ2) is 6.32. The molecule has 134 valence electrons. The molecular formula is C21H29N3O. The molecule has 1 saturated carbocycles. The quantitative estimate of drug-likeness (QED) is 0.919. The van der Waals surface area contributed by atoms with Gasteiger partial charge < -0.3 is 5.32 Å². The molecule has 1 aromatic carbocycles. The number of amides is 1. The summed E-state index contributed by atoms with van der Waals surface area (Å²) in [6.45, 7) is 9.29. The lowest BCUT2D eigenvalue weighted by Crippen LogP contribution is -2.45. The minimum Gasteiger partial charge on any atom is -0.350 e. The van der Waals surface area contributed by atoms with Gasteiger partial charge in [-0.2, -0.15) is 5.10 Å². The van der Waals surface area contributed by atoms with Crippen LogP contribution in [0, 0.1) is 6.92 Å². The van der Waals surface area contributed by atoms with Crippen LogP contribution in [-0.4, -0.2) is 22.2 Å². The monoisotopic (exact) mass is 339 g/mol. The second-order valence-corrected chi connectivity index (χ2v) is 8.44. The largest absolute Gasteiger partial charge is 0.350 e. The SMILES string of the molecule is Cc1cc(C(=O)NCC2(c3ccc(C(C)(C)C)cc3)CCC2)n(C)n1. The maximum absolute atomic E-state index is 12.5. The first kappa shape index (κ1) is 17.7. The maximum Gasteiger partial charge on any atom is 0.269 e. The molecule has 0 spiro atoms. The summed E-state index contributed by atoms with van der Waals surface area (Å²) in [5.74, 6) is -0.0410. The number of nitrogens with one attached hydrogen (secondary N) is 1. The number of aromatic nitrogens is 2. The van der Waals surface area contributed by atoms with Crippen LogP contribution in [0.3, 0.4) is 0 Å². The Kier molecular flexibility index (Phi) is 4.48. The van der Waals surface area contributed by atoms with Crippen molar-refractivity contribution in [3.8, 4) is 0 Å². The lowest BCUT2D eigenvalue weighted by Gasteiger charge is -2.43. The van der Waals surface area contributed by atoms with Gasteiger partial charge in [-0.15, -0.1) is 0 Å². The smallest absolute Gasteiger partial charge is 0.269 e. The van der Waals surface area contributed by atoms with Crippen molar-refractivity contribution in [1.82, 2.24) is 15.1 Å². The topological polar surface area (TPSA) is 46.9 Å². The number of nitrogens with zero attached hydrogens (tertiary/aromatic N) is 2. The third kappa shape index (κ3) is 3.48. The normalized spacial score (nSPS) is 16.4. The molecule has 0 saturated heterocycles. The molecule has 1 amide bonds. The fourth-order valence-corrected chi connectivity index (χ4v) is 3.66. The Hall–Kier alpha value is -2.10. The molecule has 4 nitrogen and oxygen atoms in total. The van der Waals surface area contributed by atoms with E-state index in [-0.39, 0.29) is 16.7 Å². The summed E-state index contributed by atoms with van der Waals surface area (Å²) < 4.78 is 1.65. The number of carbonyl (C=O) groups is 1. The van der Waals surface area contributed by atoms with E-state index in [1.165, 1.54) is 17.5 Å². The van der Waals surface area contributed by atoms with Crippen LogP contribution in [0.4, 0.5) is 0 Å². The molecule has 1 aliphatic rings. The van der Waals surface area contributed by atoms with Crippen LogP contribution in [0.5, 0.6) is 0 Å². The summed E-state index contributed by atoms with van der Waals surface area (Å²) >= 11 is 0. The van der Waals surface area contributed by atoms with Crippen LogP contribution in [0.15, 0.2) is 30.3 Å². The summed E-state index contributed by atoms with van der Waals surface area (Å²) in [5.41, 5.74) is 4.42. The maximum atomic E-state index is 12.5. The van der Waals surface area contributed by atoms with Gasteiger partial charge in [0.05, 0.1) is 5.69 Å². The van der Waals surface area contributed by atoms with Crippen molar-refractivity contribution in [2.24, 2.45) is 7.05 Å². The third-order valence-corrected chi connectivity index (χ3v) is 5.50. The zero-order valence-electron chi connectivity index (χ0n) is 16.0. The second-order valence-electron chi connectivity index (χ2n) is 8.44. The van der Waals surface area contributed by atoms with E-state index >= 15 is 0 Å². The Bertz CT molecular complexity index is 761. The van der Waals surface area contributed by atoms with Gasteiger partial charge in [-0.05, 0) is 42.4 Å². The molecule has 0 aliphatic heterocycles. The minimum atomic E-state index is -0.0410. The fourth-order valence-electron chi connectivity index (χ4n) is 3.66. The van der Waals surface area contributed by atoms with Gasteiger partial charge >= 0.3 is 0 Å². The van der Waals surface area contributed by atoms with Gasteiger partial charge in [0.15, 0.2) is 0 Å². The molecule has 1 N–H and O–H groups in total. The minimum absolute atomic E-state index is 0.0410. The van der Waals surface area contributed by atoms with Crippen molar-refractivity contribution in [3.63, 3.8) is 0 Å². The first-order valence-corrected chi connectivity index (χ1v) is 9.11. The zero-order valence-corrected chi connectivity index (χ0v) is 16.0. The number of aryl methyl sites for hydroxylation is 2. The standard InChI is InChI=1S/C21H29N3O/c1-15-13-18(24(5)23-15)19(25)22-14-21(11-6-12-21)17-9-7-16(8-10-17)20(2,3)4/h7-10,13H,6,11-12,14H2,1-5H3,(H,22,25). The third-order valence-electron chi connectivity index (χ3n) is 5.50. The first-order valence-electron chi connectivity index (χ1n) is 9.11. The summed E-state index contributed by atoms with van der Waals surface area (Å²) in [6.07, 6.45) is 3.49. The number of hydrogen-bond acceptors (Lipinski definition) is 2. The van der Waals surface area contributed by atoms with E-state index in [0.29, 0.717) is 12.2 Å². The Labute approximate surface area is 150 Å². The average molecular weight is 339 g/mol. The molecule has 3 rings (SSSR count). The molecular weight excluding hydrogens is 310 g/mol. The Morgan fingerprint density at radius 3 is 2.32 bits per heavy atom. The first-order chi connectivity index (χ1) is 11.7.